The van der Waals surface area contributed by atoms with Crippen LogP contribution >= 0.6 is 0 Å². The summed E-state index contributed by atoms with van der Waals surface area (Å²) >= 11 is 0. The Bertz CT molecular complexity index is 278. The van der Waals surface area contributed by atoms with E-state index in [0.717, 1.165) is 6.20 Å². The Morgan fingerprint density at radius 3 is 1.73 bits per heavy atom. The molecule has 0 rings (SSSR count). The lowest BCUT2D eigenvalue weighted by Gasteiger charge is -2.02. The second kappa shape index (κ2) is 6.41. The van der Waals surface area contributed by atoms with Crippen LogP contribution in [0.15, 0.2) is 11.8 Å². The largest absolute Gasteiger partial charge is 0.481 e. The van der Waals surface area contributed by atoms with Crippen LogP contribution in [0.4, 0.5) is 0 Å². The fourth-order valence-corrected chi connectivity index (χ4v) is 0.836. The molecule has 0 bridgehead atoms. The molecule has 0 heterocycles. The molecular weight excluding hydrogens is 206 g/mol. The van der Waals surface area contributed by atoms with E-state index in [1.165, 1.54) is 0 Å². The van der Waals surface area contributed by atoms with Crippen LogP contribution in [0.1, 0.15) is 12.8 Å². The maximum Gasteiger partial charge on any atom is 0.322 e. The number of carboxylic acid groups (broad SMARTS) is 3. The van der Waals surface area contributed by atoms with Crippen molar-refractivity contribution >= 4 is 17.9 Å². The fraction of sp³-hybridized carbons (Fsp3) is 0.375. The van der Waals surface area contributed by atoms with Gasteiger partial charge >= 0.3 is 17.9 Å². The van der Waals surface area contributed by atoms with Crippen molar-refractivity contribution in [3.63, 3.8) is 0 Å². The minimum Gasteiger partial charge on any atom is -0.481 e. The van der Waals surface area contributed by atoms with Crippen LogP contribution in [0.3, 0.4) is 0 Å². The molecule has 0 aromatic heterocycles. The van der Waals surface area contributed by atoms with E-state index in [-0.39, 0.29) is 12.1 Å². The predicted molar refractivity (Wildman–Crippen MR) is 48.2 cm³/mol. The van der Waals surface area contributed by atoms with E-state index in [4.69, 9.17) is 15.3 Å². The van der Waals surface area contributed by atoms with Gasteiger partial charge < -0.3 is 20.6 Å². The molecule has 0 spiro atoms. The van der Waals surface area contributed by atoms with E-state index < -0.39 is 30.7 Å². The third-order valence-electron chi connectivity index (χ3n) is 1.32. The average molecular weight is 217 g/mol. The first-order valence-electron chi connectivity index (χ1n) is 3.98. The van der Waals surface area contributed by atoms with Gasteiger partial charge in [-0.2, -0.15) is 0 Å². The molecular formula is C8H11NO6. The molecule has 0 radical (unpaired) electrons. The monoisotopic (exact) mass is 217 g/mol. The number of hydrogen-bond donors (Lipinski definition) is 4. The molecule has 0 fully saturated rings. The first-order chi connectivity index (χ1) is 6.91. The van der Waals surface area contributed by atoms with Gasteiger partial charge in [-0.3, -0.25) is 14.4 Å². The third kappa shape index (κ3) is 8.28. The van der Waals surface area contributed by atoms with Crippen LogP contribution in [0.2, 0.25) is 0 Å². The lowest BCUT2D eigenvalue weighted by molar-refractivity contribution is -0.137. The summed E-state index contributed by atoms with van der Waals surface area (Å²) in [6.45, 7) is -0.386. The third-order valence-corrected chi connectivity index (χ3v) is 1.32. The van der Waals surface area contributed by atoms with E-state index in [2.05, 4.69) is 5.32 Å². The zero-order chi connectivity index (χ0) is 11.8. The molecule has 0 saturated heterocycles. The summed E-state index contributed by atoms with van der Waals surface area (Å²) in [7, 11) is 0. The molecule has 7 heteroatoms. The van der Waals surface area contributed by atoms with Crippen molar-refractivity contribution in [3.8, 4) is 0 Å². The number of carbonyl (C=O) groups is 3. The van der Waals surface area contributed by atoms with E-state index in [9.17, 15) is 14.4 Å². The Labute approximate surface area is 85.0 Å². The molecule has 84 valence electrons. The molecule has 7 nitrogen and oxygen atoms in total. The van der Waals surface area contributed by atoms with E-state index in [0.29, 0.717) is 0 Å². The van der Waals surface area contributed by atoms with Crippen molar-refractivity contribution in [2.75, 3.05) is 6.54 Å². The number of carboxylic acids is 3. The van der Waals surface area contributed by atoms with Gasteiger partial charge in [0.25, 0.3) is 0 Å². The van der Waals surface area contributed by atoms with Crippen LogP contribution in [-0.2, 0) is 14.4 Å². The summed E-state index contributed by atoms with van der Waals surface area (Å²) in [5.74, 6) is -3.45. The normalized spacial score (nSPS) is 9.07. The molecule has 0 saturated carbocycles. The topological polar surface area (TPSA) is 124 Å². The van der Waals surface area contributed by atoms with Crippen molar-refractivity contribution in [1.82, 2.24) is 5.32 Å². The summed E-state index contributed by atoms with van der Waals surface area (Å²) < 4.78 is 0. The SMILES string of the molecule is O=C(O)CNC=C(CC(=O)O)CC(=O)O. The molecule has 0 aromatic carbocycles. The zero-order valence-electron chi connectivity index (χ0n) is 7.77. The maximum absolute atomic E-state index is 10.3. The lowest BCUT2D eigenvalue weighted by Crippen LogP contribution is -2.18. The number of aliphatic carboxylic acids is 3. The number of rotatable bonds is 7. The highest BCUT2D eigenvalue weighted by Crippen LogP contribution is 2.05. The molecule has 4 N–H and O–H groups in total. The van der Waals surface area contributed by atoms with Crippen molar-refractivity contribution in [1.29, 1.82) is 0 Å². The van der Waals surface area contributed by atoms with Gasteiger partial charge in [-0.1, -0.05) is 0 Å². The number of nitrogens with one attached hydrogen (secondary N) is 1. The van der Waals surface area contributed by atoms with Crippen LogP contribution < -0.4 is 5.32 Å². The van der Waals surface area contributed by atoms with Gasteiger partial charge in [-0.25, -0.2) is 0 Å². The van der Waals surface area contributed by atoms with Gasteiger partial charge in [0.15, 0.2) is 0 Å². The van der Waals surface area contributed by atoms with E-state index in [1.807, 2.05) is 0 Å². The first-order valence-corrected chi connectivity index (χ1v) is 3.98. The van der Waals surface area contributed by atoms with Crippen LogP contribution in [0, 0.1) is 0 Å². The Hall–Kier alpha value is -2.05. The van der Waals surface area contributed by atoms with Crippen molar-refractivity contribution in [2.45, 2.75) is 12.8 Å². The molecule has 0 atom stereocenters. The average Bonchev–Trinajstić information content (AvgIpc) is 2.00. The van der Waals surface area contributed by atoms with Crippen LogP contribution in [0.5, 0.6) is 0 Å². The smallest absolute Gasteiger partial charge is 0.322 e. The van der Waals surface area contributed by atoms with Gasteiger partial charge in [0, 0.05) is 0 Å². The molecule has 0 aliphatic rings. The van der Waals surface area contributed by atoms with Crippen molar-refractivity contribution in [2.24, 2.45) is 0 Å². The summed E-state index contributed by atoms with van der Waals surface area (Å²) in [5, 5.41) is 27.4. The van der Waals surface area contributed by atoms with Gasteiger partial charge in [-0.15, -0.1) is 0 Å². The van der Waals surface area contributed by atoms with Crippen molar-refractivity contribution < 1.29 is 29.7 Å². The minimum absolute atomic E-state index is 0.108. The fourth-order valence-electron chi connectivity index (χ4n) is 0.836. The lowest BCUT2D eigenvalue weighted by atomic mass is 10.1. The highest BCUT2D eigenvalue weighted by atomic mass is 16.4. The van der Waals surface area contributed by atoms with Gasteiger partial charge in [-0.05, 0) is 11.8 Å². The summed E-state index contributed by atoms with van der Waals surface area (Å²) in [6.07, 6.45) is 0.244. The highest BCUT2D eigenvalue weighted by Gasteiger charge is 2.08. The number of hydrogen-bond acceptors (Lipinski definition) is 4. The second-order valence-electron chi connectivity index (χ2n) is 2.72. The Morgan fingerprint density at radius 2 is 1.40 bits per heavy atom. The van der Waals surface area contributed by atoms with Gasteiger partial charge in [0.05, 0.1) is 12.8 Å². The molecule has 0 aliphatic heterocycles. The second-order valence-corrected chi connectivity index (χ2v) is 2.72. The highest BCUT2D eigenvalue weighted by molar-refractivity contribution is 5.75. The Morgan fingerprint density at radius 1 is 0.933 bits per heavy atom. The van der Waals surface area contributed by atoms with Gasteiger partial charge in [0.1, 0.15) is 6.54 Å². The summed E-state index contributed by atoms with van der Waals surface area (Å²) in [5.41, 5.74) is 0.108. The summed E-state index contributed by atoms with van der Waals surface area (Å²) in [4.78, 5) is 30.7. The van der Waals surface area contributed by atoms with E-state index in [1.54, 1.807) is 0 Å². The zero-order valence-corrected chi connectivity index (χ0v) is 7.77. The maximum atomic E-state index is 10.3. The van der Waals surface area contributed by atoms with E-state index >= 15 is 0 Å². The Kier molecular flexibility index (Phi) is 5.53. The molecule has 0 aliphatic carbocycles. The standard InChI is InChI=1S/C8H11NO6/c10-6(11)1-5(2-7(12)13)3-9-4-8(14)15/h3,9H,1-2,4H2,(H,10,11)(H,12,13)(H,14,15). The molecule has 0 unspecified atom stereocenters. The van der Waals surface area contributed by atoms with Crippen LogP contribution in [0.25, 0.3) is 0 Å². The minimum atomic E-state index is -1.17. The van der Waals surface area contributed by atoms with Gasteiger partial charge in [0.2, 0.25) is 0 Å². The van der Waals surface area contributed by atoms with Crippen LogP contribution in [-0.4, -0.2) is 39.8 Å². The molecule has 0 amide bonds. The summed E-state index contributed by atoms with van der Waals surface area (Å²) in [6, 6.07) is 0. The first kappa shape index (κ1) is 12.9. The quantitative estimate of drug-likeness (QED) is 0.452. The predicted octanol–water partition coefficient (Wildman–Crippen LogP) is -0.506. The molecule has 15 heavy (non-hydrogen) atoms. The Balaban J connectivity index is 4.26. The molecule has 0 aromatic rings. The van der Waals surface area contributed by atoms with Crippen molar-refractivity contribution in [3.05, 3.63) is 11.8 Å².